The molecule has 0 saturated carbocycles. The summed E-state index contributed by atoms with van der Waals surface area (Å²) >= 11 is 0. The Kier molecular flexibility index (Phi) is 18.9. The summed E-state index contributed by atoms with van der Waals surface area (Å²) in [4.78, 5) is 5.47. The van der Waals surface area contributed by atoms with E-state index in [4.69, 9.17) is 4.84 Å². The first-order valence-corrected chi connectivity index (χ1v) is 5.51. The molecule has 2 nitrogen and oxygen atoms in total. The summed E-state index contributed by atoms with van der Waals surface area (Å²) in [5, 5.41) is 0. The van der Waals surface area contributed by atoms with E-state index in [9.17, 15) is 0 Å². The number of hydrogen-bond donors (Lipinski definition) is 0. The van der Waals surface area contributed by atoms with Crippen LogP contribution in [0.1, 0.15) is 40.0 Å². The van der Waals surface area contributed by atoms with Crippen molar-refractivity contribution in [3.05, 3.63) is 12.2 Å². The molecule has 0 aliphatic heterocycles. The Labute approximate surface area is 102 Å². The third-order valence-electron chi connectivity index (χ3n) is 1.56. The van der Waals surface area contributed by atoms with Crippen LogP contribution in [0.4, 0.5) is 0 Å². The van der Waals surface area contributed by atoms with Crippen molar-refractivity contribution in [1.29, 1.82) is 0 Å². The molecular weight excluding hydrogens is 210 g/mol. The lowest BCUT2D eigenvalue weighted by molar-refractivity contribution is -1.06. The Bertz CT molecular complexity index is 126. The summed E-state index contributed by atoms with van der Waals surface area (Å²) in [7, 11) is 6.10. The highest BCUT2D eigenvalue weighted by Crippen LogP contribution is 1.98. The molecule has 94 valence electrons. The zero-order valence-electron chi connectivity index (χ0n) is 11.2. The van der Waals surface area contributed by atoms with Gasteiger partial charge in [-0.25, -0.2) is 4.84 Å². The van der Waals surface area contributed by atoms with Crippen LogP contribution >= 0.6 is 0 Å². The maximum absolute atomic E-state index is 5.47. The van der Waals surface area contributed by atoms with Crippen LogP contribution in [0, 0.1) is 0 Å². The van der Waals surface area contributed by atoms with Crippen LogP contribution in [0.3, 0.4) is 0 Å². The maximum Gasteiger partial charge on any atom is 0.106 e. The molecule has 0 aliphatic rings. The van der Waals surface area contributed by atoms with Gasteiger partial charge in [-0.05, 0) is 20.3 Å². The van der Waals surface area contributed by atoms with E-state index < -0.39 is 0 Å². The van der Waals surface area contributed by atoms with E-state index in [1.807, 2.05) is 47.1 Å². The van der Waals surface area contributed by atoms with Gasteiger partial charge in [-0.3, -0.25) is 0 Å². The van der Waals surface area contributed by atoms with Gasteiger partial charge in [-0.15, -0.1) is 0 Å². The van der Waals surface area contributed by atoms with Crippen molar-refractivity contribution in [3.63, 3.8) is 0 Å². The molecule has 0 atom stereocenters. The van der Waals surface area contributed by atoms with Crippen LogP contribution < -0.4 is 12.4 Å². The molecule has 0 bridgehead atoms. The van der Waals surface area contributed by atoms with Gasteiger partial charge < -0.3 is 12.4 Å². The van der Waals surface area contributed by atoms with E-state index >= 15 is 0 Å². The largest absolute Gasteiger partial charge is 1.00 e. The molecular formula is C12H28ClNO. The predicted octanol–water partition coefficient (Wildman–Crippen LogP) is 0.401. The predicted molar refractivity (Wildman–Crippen MR) is 64.0 cm³/mol. The Balaban J connectivity index is -0.000000249. The highest BCUT2D eigenvalue weighted by molar-refractivity contribution is 4.68. The van der Waals surface area contributed by atoms with E-state index in [1.54, 1.807) is 0 Å². The number of unbranched alkanes of at least 4 members (excludes halogenated alkanes) is 2. The van der Waals surface area contributed by atoms with Gasteiger partial charge in [0, 0.05) is 0 Å². The zero-order valence-corrected chi connectivity index (χ0v) is 12.0. The summed E-state index contributed by atoms with van der Waals surface area (Å²) in [5.41, 5.74) is 0. The quantitative estimate of drug-likeness (QED) is 0.291. The highest BCUT2D eigenvalue weighted by Gasteiger charge is 2.05. The first-order valence-electron chi connectivity index (χ1n) is 5.51. The van der Waals surface area contributed by atoms with Crippen molar-refractivity contribution < 1.29 is 21.9 Å². The van der Waals surface area contributed by atoms with Crippen LogP contribution in [-0.4, -0.2) is 32.4 Å². The van der Waals surface area contributed by atoms with Crippen LogP contribution in [-0.2, 0) is 4.84 Å². The average Bonchev–Trinajstić information content (AvgIpc) is 2.11. The van der Waals surface area contributed by atoms with Gasteiger partial charge in [-0.2, -0.15) is 4.65 Å². The molecule has 0 amide bonds. The first-order chi connectivity index (χ1) is 6.47. The summed E-state index contributed by atoms with van der Waals surface area (Å²) in [6.07, 6.45) is 7.73. The lowest BCUT2D eigenvalue weighted by Crippen LogP contribution is -3.00. The summed E-state index contributed by atoms with van der Waals surface area (Å²) in [6, 6.07) is 0. The number of halogens is 1. The number of quaternary nitrogens is 1. The number of nitrogens with zero attached hydrogens (tertiary/aromatic N) is 1. The molecule has 0 aromatic carbocycles. The fourth-order valence-corrected chi connectivity index (χ4v) is 0.690. The number of hydrogen-bond acceptors (Lipinski definition) is 1. The molecule has 0 rings (SSSR count). The van der Waals surface area contributed by atoms with Crippen LogP contribution in [0.2, 0.25) is 0 Å². The Morgan fingerprint density at radius 2 is 1.47 bits per heavy atom. The molecule has 3 heteroatoms. The van der Waals surface area contributed by atoms with E-state index in [2.05, 4.69) is 6.92 Å². The van der Waals surface area contributed by atoms with Crippen LogP contribution in [0.5, 0.6) is 0 Å². The van der Waals surface area contributed by atoms with Crippen molar-refractivity contribution in [2.24, 2.45) is 0 Å². The normalized spacial score (nSPS) is 10.5. The Morgan fingerprint density at radius 1 is 1.00 bits per heavy atom. The van der Waals surface area contributed by atoms with Crippen molar-refractivity contribution in [3.8, 4) is 0 Å². The number of rotatable bonds is 5. The first kappa shape index (κ1) is 20.4. The lowest BCUT2D eigenvalue weighted by atomic mass is 10.3. The minimum Gasteiger partial charge on any atom is -1.00 e. The van der Waals surface area contributed by atoms with Crippen molar-refractivity contribution in [2.45, 2.75) is 40.0 Å². The van der Waals surface area contributed by atoms with Crippen LogP contribution in [0.25, 0.3) is 0 Å². The molecule has 0 heterocycles. The smallest absolute Gasteiger partial charge is 0.106 e. The van der Waals surface area contributed by atoms with E-state index in [-0.39, 0.29) is 12.4 Å². The molecule has 0 radical (unpaired) electrons. The summed E-state index contributed by atoms with van der Waals surface area (Å²) in [5.74, 6) is 0. The number of allylic oxidation sites excluding steroid dienone is 2. The second kappa shape index (κ2) is 13.9. The zero-order chi connectivity index (χ0) is 11.4. The topological polar surface area (TPSA) is 9.23 Å². The van der Waals surface area contributed by atoms with Crippen molar-refractivity contribution >= 4 is 0 Å². The lowest BCUT2D eigenvalue weighted by Gasteiger charge is -2.20. The van der Waals surface area contributed by atoms with E-state index in [0.29, 0.717) is 4.65 Å². The second-order valence-corrected chi connectivity index (χ2v) is 4.10. The Hall–Kier alpha value is -0.0500. The SMILES string of the molecule is CC=CC.CCCCCO[N+](C)(C)C.[Cl-]. The monoisotopic (exact) mass is 237 g/mol. The fraction of sp³-hybridized carbons (Fsp3) is 0.833. The minimum absolute atomic E-state index is 0. The van der Waals surface area contributed by atoms with Gasteiger partial charge in [0.15, 0.2) is 0 Å². The molecule has 0 aromatic heterocycles. The van der Waals surface area contributed by atoms with Gasteiger partial charge in [0.25, 0.3) is 0 Å². The molecule has 0 saturated heterocycles. The third-order valence-corrected chi connectivity index (χ3v) is 1.56. The molecule has 0 fully saturated rings. The van der Waals surface area contributed by atoms with Crippen LogP contribution in [0.15, 0.2) is 12.2 Å². The van der Waals surface area contributed by atoms with Crippen molar-refractivity contribution in [1.82, 2.24) is 0 Å². The Morgan fingerprint density at radius 3 is 1.73 bits per heavy atom. The summed E-state index contributed by atoms with van der Waals surface area (Å²) < 4.78 is 0.615. The highest BCUT2D eigenvalue weighted by atomic mass is 35.5. The van der Waals surface area contributed by atoms with E-state index in [0.717, 1.165) is 6.61 Å². The van der Waals surface area contributed by atoms with E-state index in [1.165, 1.54) is 19.3 Å². The van der Waals surface area contributed by atoms with Crippen molar-refractivity contribution in [2.75, 3.05) is 27.7 Å². The molecule has 0 spiro atoms. The molecule has 0 N–H and O–H groups in total. The van der Waals surface area contributed by atoms with Gasteiger partial charge >= 0.3 is 0 Å². The molecule has 0 aromatic rings. The standard InChI is InChI=1S/C8H20NO.C4H8.ClH/c1-5-6-7-8-10-9(2,3)4;1-3-4-2;/h5-8H2,1-4H3;3-4H,1-2H3;1H/q+1;;/p-1. The average molecular weight is 238 g/mol. The van der Waals surface area contributed by atoms with Gasteiger partial charge in [-0.1, -0.05) is 31.9 Å². The summed E-state index contributed by atoms with van der Waals surface area (Å²) in [6.45, 7) is 7.09. The van der Waals surface area contributed by atoms with Gasteiger partial charge in [0.1, 0.15) is 6.61 Å². The van der Waals surface area contributed by atoms with Gasteiger partial charge in [0.2, 0.25) is 0 Å². The minimum atomic E-state index is 0. The maximum atomic E-state index is 5.47. The second-order valence-electron chi connectivity index (χ2n) is 4.10. The third kappa shape index (κ3) is 31.5. The fourth-order valence-electron chi connectivity index (χ4n) is 0.690. The molecule has 15 heavy (non-hydrogen) atoms. The van der Waals surface area contributed by atoms with Gasteiger partial charge in [0.05, 0.1) is 21.1 Å². The number of hydroxylamine groups is 3. The molecule has 0 aliphatic carbocycles. The molecule has 0 unspecified atom stereocenters.